The highest BCUT2D eigenvalue weighted by atomic mass is 16.6. The number of carbonyl (C=O) groups is 1. The second-order valence-corrected chi connectivity index (χ2v) is 7.95. The van der Waals surface area contributed by atoms with Crippen LogP contribution < -0.4 is 18.9 Å². The average Bonchev–Trinajstić information content (AvgIpc) is 2.86. The number of phenols is 5. The van der Waals surface area contributed by atoms with E-state index in [2.05, 4.69) is 0 Å². The van der Waals surface area contributed by atoms with Crippen molar-refractivity contribution in [1.82, 2.24) is 0 Å². The first kappa shape index (κ1) is 24.5. The van der Waals surface area contributed by atoms with E-state index in [1.54, 1.807) is 0 Å². The Balaban J connectivity index is 1.75. The molecule has 1 aliphatic heterocycles. The Hall–Kier alpha value is -4.67. The Morgan fingerprint density at radius 1 is 0.833 bits per heavy atom. The molecule has 0 bridgehead atoms. The van der Waals surface area contributed by atoms with E-state index in [1.807, 2.05) is 0 Å². The number of esters is 1. The summed E-state index contributed by atoms with van der Waals surface area (Å²) in [5.41, 5.74) is 0.473. The molecule has 0 radical (unpaired) electrons. The summed E-state index contributed by atoms with van der Waals surface area (Å²) in [5.74, 6) is -2.59. The van der Waals surface area contributed by atoms with Crippen LogP contribution in [0.5, 0.6) is 51.7 Å². The van der Waals surface area contributed by atoms with Crippen LogP contribution in [0.25, 0.3) is 0 Å². The van der Waals surface area contributed by atoms with Crippen LogP contribution in [0.15, 0.2) is 36.4 Å². The Morgan fingerprint density at radius 2 is 1.53 bits per heavy atom. The van der Waals surface area contributed by atoms with Gasteiger partial charge in [0.05, 0.1) is 26.9 Å². The summed E-state index contributed by atoms with van der Waals surface area (Å²) in [6, 6.07) is 7.71. The third kappa shape index (κ3) is 4.38. The number of phenolic OH excluding ortho intramolecular Hbond substituents is 5. The first-order valence-electron chi connectivity index (χ1n) is 10.6. The van der Waals surface area contributed by atoms with Crippen molar-refractivity contribution in [2.75, 3.05) is 21.3 Å². The molecule has 2 atom stereocenters. The molecule has 1 heterocycles. The Kier molecular flexibility index (Phi) is 6.47. The summed E-state index contributed by atoms with van der Waals surface area (Å²) in [6.45, 7) is 0. The third-order valence-electron chi connectivity index (χ3n) is 5.77. The van der Waals surface area contributed by atoms with Gasteiger partial charge in [-0.3, -0.25) is 0 Å². The Morgan fingerprint density at radius 3 is 2.14 bits per heavy atom. The maximum absolute atomic E-state index is 13.1. The van der Waals surface area contributed by atoms with Crippen molar-refractivity contribution in [3.8, 4) is 51.7 Å². The van der Waals surface area contributed by atoms with E-state index in [-0.39, 0.29) is 46.3 Å². The Labute approximate surface area is 205 Å². The zero-order chi connectivity index (χ0) is 26.1. The van der Waals surface area contributed by atoms with Gasteiger partial charge in [0, 0.05) is 29.7 Å². The van der Waals surface area contributed by atoms with Crippen molar-refractivity contribution in [2.24, 2.45) is 0 Å². The van der Waals surface area contributed by atoms with E-state index >= 15 is 0 Å². The van der Waals surface area contributed by atoms with Crippen molar-refractivity contribution < 1.29 is 54.0 Å². The van der Waals surface area contributed by atoms with Gasteiger partial charge in [0.25, 0.3) is 0 Å². The lowest BCUT2D eigenvalue weighted by Crippen LogP contribution is -2.34. The minimum Gasteiger partial charge on any atom is -0.507 e. The van der Waals surface area contributed by atoms with Gasteiger partial charge in [0.1, 0.15) is 23.4 Å². The van der Waals surface area contributed by atoms with Crippen LogP contribution in [0.4, 0.5) is 0 Å². The lowest BCUT2D eigenvalue weighted by Gasteiger charge is -2.34. The predicted molar refractivity (Wildman–Crippen MR) is 124 cm³/mol. The van der Waals surface area contributed by atoms with Crippen LogP contribution >= 0.6 is 0 Å². The molecule has 11 heteroatoms. The third-order valence-corrected chi connectivity index (χ3v) is 5.77. The fraction of sp³-hybridized carbons (Fsp3) is 0.240. The van der Waals surface area contributed by atoms with E-state index in [0.717, 1.165) is 18.2 Å². The predicted octanol–water partition coefficient (Wildman–Crippen LogP) is 3.14. The van der Waals surface area contributed by atoms with Gasteiger partial charge < -0.3 is 49.2 Å². The van der Waals surface area contributed by atoms with E-state index in [0.29, 0.717) is 11.3 Å². The number of benzene rings is 3. The van der Waals surface area contributed by atoms with Gasteiger partial charge >= 0.3 is 5.97 Å². The van der Waals surface area contributed by atoms with Crippen LogP contribution in [0.1, 0.15) is 27.6 Å². The summed E-state index contributed by atoms with van der Waals surface area (Å²) in [6.07, 6.45) is -2.15. The molecule has 11 nitrogen and oxygen atoms in total. The van der Waals surface area contributed by atoms with Gasteiger partial charge in [-0.25, -0.2) is 4.79 Å². The number of carbonyl (C=O) groups excluding carboxylic acids is 1. The van der Waals surface area contributed by atoms with E-state index in [1.165, 1.54) is 39.5 Å². The van der Waals surface area contributed by atoms with Crippen LogP contribution in [0.3, 0.4) is 0 Å². The maximum atomic E-state index is 13.1. The van der Waals surface area contributed by atoms with Crippen LogP contribution in [-0.4, -0.2) is 58.9 Å². The first-order chi connectivity index (χ1) is 17.2. The summed E-state index contributed by atoms with van der Waals surface area (Å²) in [4.78, 5) is 13.1. The molecule has 0 fully saturated rings. The molecule has 4 rings (SSSR count). The van der Waals surface area contributed by atoms with E-state index < -0.39 is 35.4 Å². The largest absolute Gasteiger partial charge is 0.507 e. The van der Waals surface area contributed by atoms with E-state index in [4.69, 9.17) is 23.7 Å². The van der Waals surface area contributed by atoms with Gasteiger partial charge in [0.2, 0.25) is 5.75 Å². The molecule has 3 aromatic rings. The molecule has 1 aliphatic rings. The molecule has 5 N–H and O–H groups in total. The molecule has 3 aromatic carbocycles. The lowest BCUT2D eigenvalue weighted by molar-refractivity contribution is -0.0189. The molecular formula is C25H24O11. The zero-order valence-electron chi connectivity index (χ0n) is 19.5. The molecular weight excluding hydrogens is 476 g/mol. The highest BCUT2D eigenvalue weighted by Crippen LogP contribution is 2.46. The van der Waals surface area contributed by atoms with Gasteiger partial charge in [-0.15, -0.1) is 0 Å². The maximum Gasteiger partial charge on any atom is 0.338 e. The topological polar surface area (TPSA) is 164 Å². The Bertz CT molecular complexity index is 1290. The summed E-state index contributed by atoms with van der Waals surface area (Å²) in [7, 11) is 4.09. The fourth-order valence-corrected chi connectivity index (χ4v) is 4.00. The number of hydrogen-bond donors (Lipinski definition) is 5. The fourth-order valence-electron chi connectivity index (χ4n) is 4.00. The average molecular weight is 500 g/mol. The minimum atomic E-state index is -1.07. The normalized spacial score (nSPS) is 16.4. The van der Waals surface area contributed by atoms with Gasteiger partial charge in [-0.2, -0.15) is 0 Å². The standard InChI is InChI=1S/C25H24O11/c1-32-13-8-15(26)14-10-21(36-25(31)12-6-18(29)24(34-3)20(7-12)33-2)23(35-19(14)9-13)11-4-16(27)22(30)17(28)5-11/h4-9,21,23,26-30H,10H2,1-3H3/t21-,23-/m1/s1. The number of ether oxygens (including phenoxy) is 5. The van der Waals surface area contributed by atoms with E-state index in [9.17, 15) is 30.3 Å². The van der Waals surface area contributed by atoms with Crippen LogP contribution in [0.2, 0.25) is 0 Å². The summed E-state index contributed by atoms with van der Waals surface area (Å²) >= 11 is 0. The first-order valence-corrected chi connectivity index (χ1v) is 10.6. The molecule has 190 valence electrons. The molecule has 36 heavy (non-hydrogen) atoms. The smallest absolute Gasteiger partial charge is 0.338 e. The molecule has 0 saturated heterocycles. The van der Waals surface area contributed by atoms with Gasteiger partial charge in [-0.05, 0) is 24.3 Å². The molecule has 0 aromatic heterocycles. The van der Waals surface area contributed by atoms with Crippen molar-refractivity contribution in [2.45, 2.75) is 18.6 Å². The molecule has 0 amide bonds. The van der Waals surface area contributed by atoms with Crippen molar-refractivity contribution in [3.05, 3.63) is 53.1 Å². The number of hydrogen-bond acceptors (Lipinski definition) is 11. The highest BCUT2D eigenvalue weighted by molar-refractivity contribution is 5.91. The van der Waals surface area contributed by atoms with Gasteiger partial charge in [-0.1, -0.05) is 0 Å². The second-order valence-electron chi connectivity index (χ2n) is 7.95. The summed E-state index contributed by atoms with van der Waals surface area (Å²) in [5, 5.41) is 50.5. The zero-order valence-corrected chi connectivity index (χ0v) is 19.5. The van der Waals surface area contributed by atoms with Crippen molar-refractivity contribution in [1.29, 1.82) is 0 Å². The number of methoxy groups -OCH3 is 3. The molecule has 0 spiro atoms. The number of fused-ring (bicyclic) bond motifs is 1. The quantitative estimate of drug-likeness (QED) is 0.249. The number of rotatable bonds is 6. The minimum absolute atomic E-state index is 0.0107. The molecule has 0 unspecified atom stereocenters. The lowest BCUT2D eigenvalue weighted by atomic mass is 9.93. The van der Waals surface area contributed by atoms with Crippen molar-refractivity contribution >= 4 is 5.97 Å². The second kappa shape index (κ2) is 9.53. The SMILES string of the molecule is COc1cc(O)c2c(c1)O[C@H](c1cc(O)c(O)c(O)c1)[C@H](OC(=O)c1cc(O)c(OC)c(OC)c1)C2. The summed E-state index contributed by atoms with van der Waals surface area (Å²) < 4.78 is 27.2. The highest BCUT2D eigenvalue weighted by Gasteiger charge is 2.37. The van der Waals surface area contributed by atoms with Crippen LogP contribution in [-0.2, 0) is 11.2 Å². The molecule has 0 saturated carbocycles. The van der Waals surface area contributed by atoms with Crippen molar-refractivity contribution in [3.63, 3.8) is 0 Å². The molecule has 0 aliphatic carbocycles. The van der Waals surface area contributed by atoms with Gasteiger partial charge in [0.15, 0.2) is 34.9 Å². The number of aromatic hydroxyl groups is 5. The van der Waals surface area contributed by atoms with Crippen LogP contribution in [0, 0.1) is 0 Å². The monoisotopic (exact) mass is 500 g/mol.